The van der Waals surface area contributed by atoms with Crippen molar-refractivity contribution in [3.63, 3.8) is 0 Å². The highest BCUT2D eigenvalue weighted by Crippen LogP contribution is 2.37. The molecule has 0 aromatic heterocycles. The molecule has 42 heavy (non-hydrogen) atoms. The molecular weight excluding hydrogens is 566 g/mol. The molecule has 0 saturated carbocycles. The minimum atomic E-state index is -5.09. The smallest absolute Gasteiger partial charge is 0.348 e. The topological polar surface area (TPSA) is 64.2 Å². The minimum absolute atomic E-state index is 0.00140. The molecule has 0 bridgehead atoms. The predicted octanol–water partition coefficient (Wildman–Crippen LogP) is 4.42. The van der Waals surface area contributed by atoms with Gasteiger partial charge in [-0.25, -0.2) is 0 Å². The second kappa shape index (κ2) is 13.1. The first-order valence-electron chi connectivity index (χ1n) is 13.3. The van der Waals surface area contributed by atoms with Crippen molar-refractivity contribution in [2.75, 3.05) is 47.8 Å². The van der Waals surface area contributed by atoms with Crippen LogP contribution in [0.3, 0.4) is 0 Å². The van der Waals surface area contributed by atoms with Gasteiger partial charge >= 0.3 is 12.4 Å². The van der Waals surface area contributed by atoms with E-state index in [1.54, 1.807) is 63.4 Å². The van der Waals surface area contributed by atoms with Gasteiger partial charge in [0, 0.05) is 52.4 Å². The van der Waals surface area contributed by atoms with Crippen LogP contribution in [-0.4, -0.2) is 97.2 Å². The number of carbonyl (C=O) groups is 3. The molecule has 7 nitrogen and oxygen atoms in total. The molecular formula is C29H34F6N4O3. The third kappa shape index (κ3) is 8.46. The number of benzene rings is 2. The minimum Gasteiger partial charge on any atom is -0.348 e. The van der Waals surface area contributed by atoms with E-state index in [0.717, 1.165) is 5.56 Å². The van der Waals surface area contributed by atoms with Crippen LogP contribution in [0.5, 0.6) is 0 Å². The Kier molecular flexibility index (Phi) is 10.3. The fourth-order valence-electron chi connectivity index (χ4n) is 4.90. The van der Waals surface area contributed by atoms with Gasteiger partial charge in [0.15, 0.2) is 0 Å². The summed E-state index contributed by atoms with van der Waals surface area (Å²) in [5, 5.41) is 0. The molecule has 0 aliphatic carbocycles. The summed E-state index contributed by atoms with van der Waals surface area (Å²) in [4.78, 5) is 44.7. The van der Waals surface area contributed by atoms with Crippen LogP contribution in [0.15, 0.2) is 48.5 Å². The van der Waals surface area contributed by atoms with Crippen LogP contribution < -0.4 is 0 Å². The van der Waals surface area contributed by atoms with Crippen LogP contribution in [0, 0.1) is 0 Å². The van der Waals surface area contributed by atoms with Gasteiger partial charge in [0.1, 0.15) is 0 Å². The molecule has 1 aliphatic rings. The molecule has 2 aromatic carbocycles. The van der Waals surface area contributed by atoms with E-state index in [1.165, 1.54) is 14.7 Å². The van der Waals surface area contributed by atoms with E-state index in [9.17, 15) is 40.7 Å². The molecule has 3 rings (SSSR count). The van der Waals surface area contributed by atoms with Crippen molar-refractivity contribution in [1.29, 1.82) is 0 Å². The Balaban J connectivity index is 1.99. The summed E-state index contributed by atoms with van der Waals surface area (Å²) in [7, 11) is 6.33. The number of likely N-dealkylation sites (N-methyl/N-ethyl adjacent to an activating group) is 2. The lowest BCUT2D eigenvalue weighted by Crippen LogP contribution is -2.55. The highest BCUT2D eigenvalue weighted by atomic mass is 19.4. The van der Waals surface area contributed by atoms with Crippen molar-refractivity contribution in [3.8, 4) is 0 Å². The van der Waals surface area contributed by atoms with Gasteiger partial charge in [0.25, 0.3) is 5.91 Å². The number of amides is 3. The first-order valence-corrected chi connectivity index (χ1v) is 13.3. The molecule has 0 radical (unpaired) electrons. The molecule has 0 spiro atoms. The Morgan fingerprint density at radius 3 is 1.76 bits per heavy atom. The van der Waals surface area contributed by atoms with Crippen LogP contribution in [0.25, 0.3) is 0 Å². The summed E-state index contributed by atoms with van der Waals surface area (Å²) in [6.45, 7) is -0.154. The fourth-order valence-corrected chi connectivity index (χ4v) is 4.90. The number of piperidine rings is 1. The normalized spacial score (nSPS) is 17.7. The number of carbonyl (C=O) groups excluding carboxylic acids is 3. The van der Waals surface area contributed by atoms with E-state index in [2.05, 4.69) is 0 Å². The van der Waals surface area contributed by atoms with E-state index in [1.807, 2.05) is 0 Å². The van der Waals surface area contributed by atoms with Gasteiger partial charge in [-0.2, -0.15) is 26.3 Å². The molecule has 3 amide bonds. The van der Waals surface area contributed by atoms with E-state index < -0.39 is 41.0 Å². The van der Waals surface area contributed by atoms with Crippen molar-refractivity contribution < 1.29 is 40.7 Å². The summed E-state index contributed by atoms with van der Waals surface area (Å²) in [5.74, 6) is -1.45. The molecule has 1 saturated heterocycles. The number of nitrogens with zero attached hydrogens (tertiary/aromatic N) is 4. The number of halogens is 6. The molecule has 2 atom stereocenters. The van der Waals surface area contributed by atoms with E-state index >= 15 is 0 Å². The van der Waals surface area contributed by atoms with E-state index in [4.69, 9.17) is 0 Å². The van der Waals surface area contributed by atoms with E-state index in [0.29, 0.717) is 12.1 Å². The lowest BCUT2D eigenvalue weighted by molar-refractivity contribution is -0.143. The first-order chi connectivity index (χ1) is 19.5. The lowest BCUT2D eigenvalue weighted by Gasteiger charge is -2.44. The van der Waals surface area contributed by atoms with Gasteiger partial charge in [-0.1, -0.05) is 30.3 Å². The maximum absolute atomic E-state index is 13.6. The van der Waals surface area contributed by atoms with Crippen molar-refractivity contribution in [2.45, 2.75) is 43.7 Å². The summed E-state index contributed by atoms with van der Waals surface area (Å²) in [6.07, 6.45) is -9.42. The molecule has 2 unspecified atom stereocenters. The zero-order valence-electron chi connectivity index (χ0n) is 23.8. The van der Waals surface area contributed by atoms with Gasteiger partial charge in [-0.05, 0) is 43.0 Å². The van der Waals surface area contributed by atoms with Crippen molar-refractivity contribution in [3.05, 3.63) is 70.8 Å². The zero-order valence-corrected chi connectivity index (χ0v) is 23.8. The predicted molar refractivity (Wildman–Crippen MR) is 143 cm³/mol. The Morgan fingerprint density at radius 1 is 0.810 bits per heavy atom. The van der Waals surface area contributed by atoms with Gasteiger partial charge in [0.2, 0.25) is 11.8 Å². The summed E-state index contributed by atoms with van der Waals surface area (Å²) < 4.78 is 81.0. The molecule has 1 fully saturated rings. The van der Waals surface area contributed by atoms with Crippen LogP contribution in [0.2, 0.25) is 0 Å². The molecule has 0 N–H and O–H groups in total. The van der Waals surface area contributed by atoms with Crippen molar-refractivity contribution in [1.82, 2.24) is 19.6 Å². The zero-order chi connectivity index (χ0) is 31.4. The van der Waals surface area contributed by atoms with Gasteiger partial charge in [0.05, 0.1) is 24.2 Å². The monoisotopic (exact) mass is 600 g/mol. The first kappa shape index (κ1) is 32.9. The highest BCUT2D eigenvalue weighted by molar-refractivity contribution is 5.95. The van der Waals surface area contributed by atoms with Crippen LogP contribution in [0.4, 0.5) is 26.3 Å². The molecule has 1 aliphatic heterocycles. The molecule has 1 heterocycles. The number of hydrogen-bond acceptors (Lipinski definition) is 4. The van der Waals surface area contributed by atoms with Crippen LogP contribution in [0.1, 0.15) is 39.9 Å². The van der Waals surface area contributed by atoms with Crippen molar-refractivity contribution >= 4 is 17.7 Å². The Morgan fingerprint density at radius 2 is 1.31 bits per heavy atom. The summed E-state index contributed by atoms with van der Waals surface area (Å²) in [5.41, 5.74) is -3.03. The van der Waals surface area contributed by atoms with E-state index in [-0.39, 0.29) is 62.8 Å². The molecule has 13 heteroatoms. The average molecular weight is 601 g/mol. The fraction of sp³-hybridized carbons (Fsp3) is 0.483. The van der Waals surface area contributed by atoms with Gasteiger partial charge < -0.3 is 14.7 Å². The summed E-state index contributed by atoms with van der Waals surface area (Å²) >= 11 is 0. The van der Waals surface area contributed by atoms with Crippen molar-refractivity contribution in [2.24, 2.45) is 0 Å². The second-order valence-corrected chi connectivity index (χ2v) is 10.8. The Bertz CT molecular complexity index is 1210. The number of hydrogen-bond donors (Lipinski definition) is 0. The van der Waals surface area contributed by atoms with Crippen LogP contribution in [-0.2, 0) is 28.4 Å². The lowest BCUT2D eigenvalue weighted by atomic mass is 9.90. The van der Waals surface area contributed by atoms with Gasteiger partial charge in [-0.15, -0.1) is 0 Å². The third-order valence-electron chi connectivity index (χ3n) is 7.29. The van der Waals surface area contributed by atoms with Gasteiger partial charge in [-0.3, -0.25) is 19.3 Å². The number of rotatable bonds is 8. The largest absolute Gasteiger partial charge is 0.416 e. The SMILES string of the molecule is CN(C)C(=O)CN(CC(=O)N(C)C)C1CCN(C(=O)c2cc(C(F)(F)F)cc(C(F)(F)F)c2)C(Cc2ccccc2)C1. The van der Waals surface area contributed by atoms with Crippen LogP contribution >= 0.6 is 0 Å². The average Bonchev–Trinajstić information content (AvgIpc) is 2.91. The highest BCUT2D eigenvalue weighted by Gasteiger charge is 2.40. The maximum atomic E-state index is 13.6. The standard InChI is InChI=1S/C29H34F6N4O3/c1-36(2)25(40)17-38(18-26(41)37(3)4)23-10-11-39(24(16-23)12-19-8-6-5-7-9-19)27(42)20-13-21(28(30,31)32)15-22(14-20)29(33,34)35/h5-9,13-15,23-24H,10-12,16-18H2,1-4H3. The maximum Gasteiger partial charge on any atom is 0.416 e. The third-order valence-corrected chi connectivity index (χ3v) is 7.29. The number of alkyl halides is 6. The molecule has 230 valence electrons. The summed E-state index contributed by atoms with van der Waals surface area (Å²) in [6, 6.07) is 8.86. The number of likely N-dealkylation sites (tertiary alicyclic amines) is 1. The molecule has 2 aromatic rings. The Labute approximate surface area is 240 Å². The second-order valence-electron chi connectivity index (χ2n) is 10.8. The quantitative estimate of drug-likeness (QED) is 0.421. The Hall–Kier alpha value is -3.61.